The summed E-state index contributed by atoms with van der Waals surface area (Å²) in [5.41, 5.74) is 2.80. The molecule has 0 radical (unpaired) electrons. The molecule has 0 spiro atoms. The summed E-state index contributed by atoms with van der Waals surface area (Å²) in [5, 5.41) is 4.52. The number of imidazole rings is 2. The van der Waals surface area contributed by atoms with Crippen molar-refractivity contribution in [2.45, 2.75) is 33.4 Å². The molecule has 0 fully saturated rings. The van der Waals surface area contributed by atoms with E-state index in [9.17, 15) is 0 Å². The summed E-state index contributed by atoms with van der Waals surface area (Å²) in [6.07, 6.45) is 3.71. The van der Waals surface area contributed by atoms with E-state index < -0.39 is 0 Å². The highest BCUT2D eigenvalue weighted by atomic mass is 16.5. The van der Waals surface area contributed by atoms with Crippen molar-refractivity contribution < 1.29 is 4.74 Å². The summed E-state index contributed by atoms with van der Waals surface area (Å²) in [5.74, 6) is 1.58. The average Bonchev–Trinajstić information content (AvgIpc) is 3.12. The lowest BCUT2D eigenvalue weighted by Crippen LogP contribution is -2.06. The largest absolute Gasteiger partial charge is 0.383 e. The molecule has 0 saturated heterocycles. The van der Waals surface area contributed by atoms with Crippen LogP contribution in [0, 0.1) is 6.92 Å². The van der Waals surface area contributed by atoms with Crippen LogP contribution in [0.3, 0.4) is 0 Å². The van der Waals surface area contributed by atoms with Crippen LogP contribution in [0.2, 0.25) is 0 Å². The van der Waals surface area contributed by atoms with Crippen molar-refractivity contribution in [1.29, 1.82) is 0 Å². The molecular formula is C14H20N6O. The van der Waals surface area contributed by atoms with Crippen LogP contribution in [0.15, 0.2) is 12.4 Å². The molecule has 0 saturated carbocycles. The highest BCUT2D eigenvalue weighted by Gasteiger charge is 2.17. The number of nitrogens with one attached hydrogen (secondary N) is 1. The number of H-pyrrole nitrogens is 1. The van der Waals surface area contributed by atoms with E-state index in [0.29, 0.717) is 6.61 Å². The maximum absolute atomic E-state index is 5.13. The number of nitrogens with zero attached hydrogens (tertiary/aromatic N) is 5. The Morgan fingerprint density at radius 1 is 1.38 bits per heavy atom. The van der Waals surface area contributed by atoms with Crippen LogP contribution in [0.1, 0.15) is 25.6 Å². The van der Waals surface area contributed by atoms with Crippen LogP contribution in [0.5, 0.6) is 0 Å². The highest BCUT2D eigenvalue weighted by Crippen LogP contribution is 2.23. The molecule has 3 aromatic heterocycles. The van der Waals surface area contributed by atoms with Crippen molar-refractivity contribution in [3.8, 4) is 11.6 Å². The van der Waals surface area contributed by atoms with Gasteiger partial charge in [0.05, 0.1) is 12.3 Å². The third kappa shape index (κ3) is 2.33. The predicted octanol–water partition coefficient (Wildman–Crippen LogP) is 2.16. The molecule has 3 rings (SSSR count). The van der Waals surface area contributed by atoms with Gasteiger partial charge in [0.2, 0.25) is 0 Å². The second-order valence-electron chi connectivity index (χ2n) is 5.34. The first-order chi connectivity index (χ1) is 10.1. The third-order valence-electron chi connectivity index (χ3n) is 3.47. The van der Waals surface area contributed by atoms with Crippen LogP contribution in [-0.2, 0) is 11.3 Å². The van der Waals surface area contributed by atoms with E-state index in [4.69, 9.17) is 4.74 Å². The molecule has 0 aliphatic rings. The summed E-state index contributed by atoms with van der Waals surface area (Å²) >= 11 is 0. The number of hydrogen-bond acceptors (Lipinski definition) is 4. The van der Waals surface area contributed by atoms with Crippen molar-refractivity contribution in [2.75, 3.05) is 13.7 Å². The molecule has 7 nitrogen and oxygen atoms in total. The van der Waals surface area contributed by atoms with Gasteiger partial charge in [-0.25, -0.2) is 14.6 Å². The topological polar surface area (TPSA) is 73.6 Å². The lowest BCUT2D eigenvalue weighted by Gasteiger charge is -2.05. The van der Waals surface area contributed by atoms with Crippen molar-refractivity contribution in [3.63, 3.8) is 0 Å². The fraction of sp³-hybridized carbons (Fsp3) is 0.500. The molecule has 3 aromatic rings. The average molecular weight is 288 g/mol. The summed E-state index contributed by atoms with van der Waals surface area (Å²) in [6.45, 7) is 7.57. The minimum Gasteiger partial charge on any atom is -0.383 e. The quantitative estimate of drug-likeness (QED) is 0.780. The molecular weight excluding hydrogens is 268 g/mol. The first-order valence-corrected chi connectivity index (χ1v) is 7.07. The molecule has 0 aliphatic carbocycles. The molecule has 0 atom stereocenters. The van der Waals surface area contributed by atoms with E-state index in [2.05, 4.69) is 33.9 Å². The van der Waals surface area contributed by atoms with Crippen molar-refractivity contribution in [3.05, 3.63) is 18.1 Å². The highest BCUT2D eigenvalue weighted by molar-refractivity contribution is 5.77. The van der Waals surface area contributed by atoms with Gasteiger partial charge in [0.15, 0.2) is 17.3 Å². The number of rotatable bonds is 5. The molecule has 112 valence electrons. The molecule has 21 heavy (non-hydrogen) atoms. The number of methoxy groups -OCH3 is 1. The van der Waals surface area contributed by atoms with Gasteiger partial charge >= 0.3 is 0 Å². The number of aryl methyl sites for hydroxylation is 1. The van der Waals surface area contributed by atoms with Gasteiger partial charge in [-0.15, -0.1) is 0 Å². The minimum absolute atomic E-state index is 0.269. The van der Waals surface area contributed by atoms with E-state index in [1.807, 2.05) is 22.4 Å². The predicted molar refractivity (Wildman–Crippen MR) is 80.1 cm³/mol. The molecule has 3 heterocycles. The van der Waals surface area contributed by atoms with Crippen LogP contribution in [-0.4, -0.2) is 43.0 Å². The minimum atomic E-state index is 0.269. The second kappa shape index (κ2) is 5.33. The lowest BCUT2D eigenvalue weighted by molar-refractivity contribution is 0.187. The fourth-order valence-electron chi connectivity index (χ4n) is 2.40. The Morgan fingerprint density at radius 2 is 2.19 bits per heavy atom. The molecule has 7 heteroatoms. The smallest absolute Gasteiger partial charge is 0.177 e. The lowest BCUT2D eigenvalue weighted by atomic mass is 10.4. The van der Waals surface area contributed by atoms with Crippen molar-refractivity contribution in [2.24, 2.45) is 0 Å². The Labute approximate surface area is 123 Å². The molecule has 0 aliphatic heterocycles. The molecule has 0 bridgehead atoms. The number of aromatic nitrogens is 6. The fourth-order valence-corrected chi connectivity index (χ4v) is 2.40. The molecule has 1 N–H and O–H groups in total. The Hall–Kier alpha value is -2.15. The monoisotopic (exact) mass is 288 g/mol. The van der Waals surface area contributed by atoms with Crippen molar-refractivity contribution in [1.82, 2.24) is 29.3 Å². The second-order valence-corrected chi connectivity index (χ2v) is 5.34. The van der Waals surface area contributed by atoms with Gasteiger partial charge in [0.1, 0.15) is 5.52 Å². The number of ether oxygens (including phenoxy) is 1. The van der Waals surface area contributed by atoms with Gasteiger partial charge in [-0.05, 0) is 20.8 Å². The van der Waals surface area contributed by atoms with Gasteiger partial charge in [-0.1, -0.05) is 0 Å². The summed E-state index contributed by atoms with van der Waals surface area (Å²) in [4.78, 5) is 12.4. The Kier molecular flexibility index (Phi) is 3.50. The van der Waals surface area contributed by atoms with Crippen LogP contribution >= 0.6 is 0 Å². The zero-order valence-electron chi connectivity index (χ0n) is 12.8. The summed E-state index contributed by atoms with van der Waals surface area (Å²) in [7, 11) is 1.69. The molecule has 0 aromatic carbocycles. The van der Waals surface area contributed by atoms with Gasteiger partial charge < -0.3 is 14.3 Å². The standard InChI is InChI=1S/C14H20N6O/c1-9(2)20-13-11(10(3)18-20)16-12(17-13)14-15-5-6-19(14)7-8-21-4/h5-6,9H,7-8H2,1-4H3,(H,16,17). The van der Waals surface area contributed by atoms with Gasteiger partial charge in [-0.2, -0.15) is 5.10 Å². The van der Waals surface area contributed by atoms with E-state index in [0.717, 1.165) is 35.1 Å². The Balaban J connectivity index is 2.05. The van der Waals surface area contributed by atoms with Gasteiger partial charge in [0, 0.05) is 32.1 Å². The van der Waals surface area contributed by atoms with E-state index in [-0.39, 0.29) is 6.04 Å². The molecule has 0 unspecified atom stereocenters. The van der Waals surface area contributed by atoms with E-state index in [1.54, 1.807) is 13.3 Å². The van der Waals surface area contributed by atoms with Crippen LogP contribution in [0.4, 0.5) is 0 Å². The Morgan fingerprint density at radius 3 is 2.90 bits per heavy atom. The maximum Gasteiger partial charge on any atom is 0.177 e. The number of fused-ring (bicyclic) bond motifs is 1. The normalized spacial score (nSPS) is 11.9. The zero-order chi connectivity index (χ0) is 15.0. The molecule has 0 amide bonds. The van der Waals surface area contributed by atoms with Crippen molar-refractivity contribution >= 4 is 11.2 Å². The first kappa shape index (κ1) is 13.8. The SMILES string of the molecule is COCCn1ccnc1-c1nc2c([nH]1)c(C)nn2C(C)C. The van der Waals surface area contributed by atoms with Gasteiger partial charge in [0.25, 0.3) is 0 Å². The van der Waals surface area contributed by atoms with Crippen LogP contribution < -0.4 is 0 Å². The first-order valence-electron chi connectivity index (χ1n) is 7.07. The van der Waals surface area contributed by atoms with Crippen LogP contribution in [0.25, 0.3) is 22.8 Å². The van der Waals surface area contributed by atoms with Gasteiger partial charge in [-0.3, -0.25) is 0 Å². The number of aromatic amines is 1. The zero-order valence-corrected chi connectivity index (χ0v) is 12.8. The summed E-state index contributed by atoms with van der Waals surface area (Å²) in [6, 6.07) is 0.269. The third-order valence-corrected chi connectivity index (χ3v) is 3.47. The Bertz CT molecular complexity index is 751. The van der Waals surface area contributed by atoms with E-state index in [1.165, 1.54) is 0 Å². The number of hydrogen-bond donors (Lipinski definition) is 1. The summed E-state index contributed by atoms with van der Waals surface area (Å²) < 4.78 is 9.10. The maximum atomic E-state index is 5.13. The van der Waals surface area contributed by atoms with E-state index >= 15 is 0 Å².